The highest BCUT2D eigenvalue weighted by atomic mass is 15.8. The zero-order chi connectivity index (χ0) is 29.3. The molecule has 1 heterocycles. The van der Waals surface area contributed by atoms with E-state index in [2.05, 4.69) is 138 Å². The van der Waals surface area contributed by atoms with Crippen LogP contribution in [0.5, 0.6) is 0 Å². The van der Waals surface area contributed by atoms with Crippen molar-refractivity contribution in [3.8, 4) is 0 Å². The van der Waals surface area contributed by atoms with E-state index in [9.17, 15) is 0 Å². The summed E-state index contributed by atoms with van der Waals surface area (Å²) in [5.41, 5.74) is 16.4. The standard InChI is InChI=1S/C38H51N3/c1-25(2)31-21-15-22-32(26(3)4)37(31)40-35(29-17-11-9-12-18-29)36(30-19-13-10-14-20-30)41(39-40)38-33(27(5)6)23-16-24-34(38)28(7)8/h9,11-12,15-18,21-28,30,39H,10,13-14,19-20H2,1-8H3. The van der Waals surface area contributed by atoms with Gasteiger partial charge in [-0.2, -0.15) is 0 Å². The molecule has 1 aliphatic heterocycles. The topological polar surface area (TPSA) is 18.5 Å². The van der Waals surface area contributed by atoms with Gasteiger partial charge in [0.25, 0.3) is 0 Å². The first-order chi connectivity index (χ1) is 19.7. The summed E-state index contributed by atoms with van der Waals surface area (Å²) in [7, 11) is 0. The van der Waals surface area contributed by atoms with Crippen molar-refractivity contribution in [3.05, 3.63) is 100 Å². The third-order valence-electron chi connectivity index (χ3n) is 9.08. The molecule has 3 heteroatoms. The lowest BCUT2D eigenvalue weighted by Crippen LogP contribution is -2.44. The van der Waals surface area contributed by atoms with Gasteiger partial charge in [-0.05, 0) is 58.8 Å². The predicted molar refractivity (Wildman–Crippen MR) is 177 cm³/mol. The molecule has 0 atom stereocenters. The number of rotatable bonds is 8. The number of hydrogen-bond acceptors (Lipinski definition) is 3. The predicted octanol–water partition coefficient (Wildman–Crippen LogP) is 10.9. The van der Waals surface area contributed by atoms with E-state index in [4.69, 9.17) is 0 Å². The van der Waals surface area contributed by atoms with Crippen LogP contribution in [0, 0.1) is 5.92 Å². The summed E-state index contributed by atoms with van der Waals surface area (Å²) >= 11 is 0. The molecule has 218 valence electrons. The van der Waals surface area contributed by atoms with Crippen LogP contribution < -0.4 is 15.6 Å². The SMILES string of the molecule is CC(C)c1cccc(C(C)C)c1N1NN(c2c(C(C)C)cccc2C(C)C)C(C2CCCCC2)=C1c1ccccc1. The van der Waals surface area contributed by atoms with Gasteiger partial charge in [0.15, 0.2) is 0 Å². The van der Waals surface area contributed by atoms with Gasteiger partial charge in [-0.15, -0.1) is 5.53 Å². The van der Waals surface area contributed by atoms with Crippen molar-refractivity contribution < 1.29 is 0 Å². The minimum Gasteiger partial charge on any atom is -0.260 e. The molecule has 0 aromatic heterocycles. The Morgan fingerprint density at radius 1 is 0.537 bits per heavy atom. The number of anilines is 2. The van der Waals surface area contributed by atoms with Crippen molar-refractivity contribution in [2.45, 2.75) is 111 Å². The van der Waals surface area contributed by atoms with Gasteiger partial charge in [0.05, 0.1) is 22.8 Å². The van der Waals surface area contributed by atoms with Gasteiger partial charge in [0.1, 0.15) is 0 Å². The van der Waals surface area contributed by atoms with Gasteiger partial charge < -0.3 is 0 Å². The number of allylic oxidation sites excluding steroid dienone is 1. The van der Waals surface area contributed by atoms with Crippen molar-refractivity contribution in [2.75, 3.05) is 10.0 Å². The Morgan fingerprint density at radius 2 is 0.976 bits per heavy atom. The number of hydrogen-bond donors (Lipinski definition) is 1. The maximum Gasteiger partial charge on any atom is 0.0882 e. The highest BCUT2D eigenvalue weighted by Gasteiger charge is 2.40. The van der Waals surface area contributed by atoms with Crippen molar-refractivity contribution in [1.29, 1.82) is 0 Å². The maximum absolute atomic E-state index is 4.09. The smallest absolute Gasteiger partial charge is 0.0882 e. The Labute approximate surface area is 249 Å². The molecule has 1 N–H and O–H groups in total. The van der Waals surface area contributed by atoms with E-state index in [1.807, 2.05) is 0 Å². The van der Waals surface area contributed by atoms with Crippen LogP contribution in [0.3, 0.4) is 0 Å². The normalized spacial score (nSPS) is 16.8. The van der Waals surface area contributed by atoms with Gasteiger partial charge in [0.2, 0.25) is 0 Å². The summed E-state index contributed by atoms with van der Waals surface area (Å²) < 4.78 is 0. The molecule has 3 nitrogen and oxygen atoms in total. The largest absolute Gasteiger partial charge is 0.260 e. The van der Waals surface area contributed by atoms with Crippen LogP contribution in [0.15, 0.2) is 72.4 Å². The average molecular weight is 550 g/mol. The zero-order valence-electron chi connectivity index (χ0n) is 26.7. The zero-order valence-corrected chi connectivity index (χ0v) is 26.7. The van der Waals surface area contributed by atoms with E-state index in [1.54, 1.807) is 0 Å². The molecule has 0 saturated heterocycles. The van der Waals surface area contributed by atoms with Gasteiger partial charge in [0, 0.05) is 11.5 Å². The fourth-order valence-electron chi connectivity index (χ4n) is 6.92. The van der Waals surface area contributed by atoms with Crippen LogP contribution in [0.4, 0.5) is 11.4 Å². The van der Waals surface area contributed by atoms with Crippen LogP contribution in [0.25, 0.3) is 5.70 Å². The highest BCUT2D eigenvalue weighted by molar-refractivity contribution is 5.89. The molecule has 41 heavy (non-hydrogen) atoms. The molecule has 0 spiro atoms. The second-order valence-electron chi connectivity index (χ2n) is 13.4. The molecule has 1 saturated carbocycles. The van der Waals surface area contributed by atoms with E-state index < -0.39 is 0 Å². The van der Waals surface area contributed by atoms with Crippen molar-refractivity contribution in [1.82, 2.24) is 5.53 Å². The first-order valence-electron chi connectivity index (χ1n) is 16.1. The quantitative estimate of drug-likeness (QED) is 0.301. The second kappa shape index (κ2) is 12.4. The van der Waals surface area contributed by atoms with E-state index >= 15 is 0 Å². The summed E-state index contributed by atoms with van der Waals surface area (Å²) in [6.07, 6.45) is 6.41. The van der Waals surface area contributed by atoms with E-state index in [0.717, 1.165) is 0 Å². The number of nitrogens with zero attached hydrogens (tertiary/aromatic N) is 2. The van der Waals surface area contributed by atoms with Gasteiger partial charge in [-0.3, -0.25) is 10.0 Å². The van der Waals surface area contributed by atoms with Gasteiger partial charge in [-0.25, -0.2) is 0 Å². The van der Waals surface area contributed by atoms with Crippen LogP contribution in [-0.4, -0.2) is 0 Å². The number of nitrogens with one attached hydrogen (secondary N) is 1. The monoisotopic (exact) mass is 549 g/mol. The number of para-hydroxylation sites is 2. The lowest BCUT2D eigenvalue weighted by atomic mass is 9.84. The lowest BCUT2D eigenvalue weighted by molar-refractivity contribution is 0.395. The van der Waals surface area contributed by atoms with E-state index in [-0.39, 0.29) is 0 Å². The minimum atomic E-state index is 0.406. The minimum absolute atomic E-state index is 0.406. The summed E-state index contributed by atoms with van der Waals surface area (Å²) in [5.74, 6) is 2.15. The summed E-state index contributed by atoms with van der Waals surface area (Å²) in [4.78, 5) is 0. The van der Waals surface area contributed by atoms with Crippen LogP contribution in [0.1, 0.15) is 139 Å². The van der Waals surface area contributed by atoms with E-state index in [1.165, 1.54) is 82.7 Å². The van der Waals surface area contributed by atoms with Crippen LogP contribution >= 0.6 is 0 Å². The Kier molecular flexibility index (Phi) is 8.94. The summed E-state index contributed by atoms with van der Waals surface area (Å²) in [5, 5.41) is 5.01. The van der Waals surface area contributed by atoms with Crippen molar-refractivity contribution in [3.63, 3.8) is 0 Å². The number of hydrazine groups is 2. The number of benzene rings is 3. The Bertz CT molecular complexity index is 1310. The molecular weight excluding hydrogens is 498 g/mol. The fourth-order valence-corrected chi connectivity index (χ4v) is 6.92. The molecule has 1 aliphatic carbocycles. The summed E-state index contributed by atoms with van der Waals surface area (Å²) in [6, 6.07) is 25.0. The Balaban J connectivity index is 1.86. The average Bonchev–Trinajstić information content (AvgIpc) is 3.37. The molecule has 3 aromatic rings. The highest BCUT2D eigenvalue weighted by Crippen LogP contribution is 2.49. The Morgan fingerprint density at radius 3 is 1.41 bits per heavy atom. The first-order valence-corrected chi connectivity index (χ1v) is 16.1. The van der Waals surface area contributed by atoms with Crippen LogP contribution in [0.2, 0.25) is 0 Å². The third kappa shape index (κ3) is 5.71. The second-order valence-corrected chi connectivity index (χ2v) is 13.4. The van der Waals surface area contributed by atoms with E-state index in [0.29, 0.717) is 29.6 Å². The molecule has 3 aromatic carbocycles. The maximum atomic E-state index is 4.09. The molecule has 0 amide bonds. The third-order valence-corrected chi connectivity index (χ3v) is 9.08. The first kappa shape index (κ1) is 29.5. The molecule has 0 unspecified atom stereocenters. The fraction of sp³-hybridized carbons (Fsp3) is 0.474. The molecule has 2 aliphatic rings. The van der Waals surface area contributed by atoms with Crippen molar-refractivity contribution in [2.24, 2.45) is 5.92 Å². The molecular formula is C38H51N3. The van der Waals surface area contributed by atoms with Crippen LogP contribution in [-0.2, 0) is 0 Å². The van der Waals surface area contributed by atoms with Crippen molar-refractivity contribution >= 4 is 17.1 Å². The Hall–Kier alpha value is -3.04. The molecule has 0 bridgehead atoms. The molecule has 1 fully saturated rings. The molecule has 0 radical (unpaired) electrons. The van der Waals surface area contributed by atoms with Gasteiger partial charge in [-0.1, -0.05) is 141 Å². The van der Waals surface area contributed by atoms with Gasteiger partial charge >= 0.3 is 0 Å². The summed E-state index contributed by atoms with van der Waals surface area (Å²) in [6.45, 7) is 18.7. The lowest BCUT2D eigenvalue weighted by Gasteiger charge is -2.35. The molecule has 5 rings (SSSR count).